The maximum Gasteiger partial charge on any atom is 0.245 e. The highest BCUT2D eigenvalue weighted by molar-refractivity contribution is 5.95. The minimum absolute atomic E-state index is 0.0718. The summed E-state index contributed by atoms with van der Waals surface area (Å²) in [5.74, 6) is -2.10. The highest BCUT2D eigenvalue weighted by Crippen LogP contribution is 2.20. The molecule has 1 fully saturated rings. The van der Waals surface area contributed by atoms with Gasteiger partial charge < -0.3 is 37.6 Å². The maximum absolute atomic E-state index is 13.7. The number of aliphatic imine (C=N–C) groups is 1. The Morgan fingerprint density at radius 3 is 2.20 bits per heavy atom. The summed E-state index contributed by atoms with van der Waals surface area (Å²) in [5.41, 5.74) is 10.8. The second kappa shape index (κ2) is 17.3. The number of nitrogens with zero attached hydrogens (tertiary/aromatic N) is 2. The topological polar surface area (TPSA) is 201 Å². The monoisotopic (exact) mass is 566 g/mol. The molecule has 0 saturated carbocycles. The van der Waals surface area contributed by atoms with Gasteiger partial charge >= 0.3 is 0 Å². The first kappa shape index (κ1) is 34.6. The lowest BCUT2D eigenvalue weighted by molar-refractivity contribution is -0.142. The molecule has 0 spiro atoms. The van der Waals surface area contributed by atoms with Gasteiger partial charge in [-0.2, -0.15) is 0 Å². The predicted octanol–water partition coefficient (Wildman–Crippen LogP) is -0.266. The Labute approximate surface area is 238 Å². The van der Waals surface area contributed by atoms with E-state index in [0.717, 1.165) is 0 Å². The SMILES string of the molecule is CCNC(=O)[C@@H]1CCCN1C(=O)[C@H](CCCN=C(N)N)NC(=O)[C@@H](NC(=O)[C@H](CC(C)C)NC(C)=O)[C@@H](C)CC. The van der Waals surface area contributed by atoms with Crippen molar-refractivity contribution in [1.82, 2.24) is 26.2 Å². The average Bonchev–Trinajstić information content (AvgIpc) is 3.37. The fraction of sp³-hybridized carbons (Fsp3) is 0.778. The first-order valence-corrected chi connectivity index (χ1v) is 14.3. The van der Waals surface area contributed by atoms with Crippen LogP contribution in [-0.2, 0) is 24.0 Å². The molecule has 5 atom stereocenters. The largest absolute Gasteiger partial charge is 0.370 e. The Bertz CT molecular complexity index is 905. The Morgan fingerprint density at radius 1 is 0.975 bits per heavy atom. The van der Waals surface area contributed by atoms with E-state index < -0.39 is 36.0 Å². The molecule has 8 N–H and O–H groups in total. The third-order valence-electron chi connectivity index (χ3n) is 6.94. The third-order valence-corrected chi connectivity index (χ3v) is 6.94. The molecule has 5 amide bonds. The number of carbonyl (C=O) groups excluding carboxylic acids is 5. The molecule has 1 heterocycles. The van der Waals surface area contributed by atoms with Crippen molar-refractivity contribution in [3.63, 3.8) is 0 Å². The van der Waals surface area contributed by atoms with Gasteiger partial charge in [0, 0.05) is 26.6 Å². The van der Waals surface area contributed by atoms with E-state index in [-0.39, 0.29) is 48.5 Å². The minimum Gasteiger partial charge on any atom is -0.370 e. The highest BCUT2D eigenvalue weighted by atomic mass is 16.2. The van der Waals surface area contributed by atoms with Crippen LogP contribution in [0, 0.1) is 11.8 Å². The molecule has 1 saturated heterocycles. The van der Waals surface area contributed by atoms with Crippen molar-refractivity contribution >= 4 is 35.5 Å². The number of rotatable bonds is 16. The quantitative estimate of drug-likeness (QED) is 0.0838. The molecular weight excluding hydrogens is 516 g/mol. The fourth-order valence-electron chi connectivity index (χ4n) is 4.72. The van der Waals surface area contributed by atoms with Crippen molar-refractivity contribution in [2.75, 3.05) is 19.6 Å². The summed E-state index contributed by atoms with van der Waals surface area (Å²) in [6.07, 6.45) is 2.85. The van der Waals surface area contributed by atoms with Crippen LogP contribution in [0.5, 0.6) is 0 Å². The van der Waals surface area contributed by atoms with Gasteiger partial charge in [-0.05, 0) is 50.9 Å². The van der Waals surface area contributed by atoms with Crippen LogP contribution < -0.4 is 32.7 Å². The molecule has 0 aliphatic carbocycles. The lowest BCUT2D eigenvalue weighted by atomic mass is 9.96. The van der Waals surface area contributed by atoms with Crippen LogP contribution in [0.2, 0.25) is 0 Å². The second-order valence-electron chi connectivity index (χ2n) is 10.8. The standard InChI is InChI=1S/C27H50N8O5/c1-7-17(5)22(34-23(37)20(15-16(3)4)32-18(6)36)25(39)33-19(11-9-13-31-27(28)29)26(40)35-14-10-12-21(35)24(38)30-8-2/h16-17,19-22H,7-15H2,1-6H3,(H,30,38)(H,32,36)(H,33,39)(H,34,37)(H4,28,29,31)/t17-,19-,20-,21-,22-/m0/s1. The van der Waals surface area contributed by atoms with Gasteiger partial charge in [0.15, 0.2) is 5.96 Å². The lowest BCUT2D eigenvalue weighted by Crippen LogP contribution is -2.59. The number of nitrogens with one attached hydrogen (secondary N) is 4. The summed E-state index contributed by atoms with van der Waals surface area (Å²) in [6, 6.07) is -3.28. The van der Waals surface area contributed by atoms with Crippen molar-refractivity contribution in [2.45, 2.75) is 104 Å². The zero-order chi connectivity index (χ0) is 30.4. The summed E-state index contributed by atoms with van der Waals surface area (Å²) in [7, 11) is 0. The molecule has 0 aromatic carbocycles. The van der Waals surface area contributed by atoms with E-state index in [4.69, 9.17) is 11.5 Å². The first-order valence-electron chi connectivity index (χ1n) is 14.3. The van der Waals surface area contributed by atoms with Gasteiger partial charge in [0.25, 0.3) is 0 Å². The number of carbonyl (C=O) groups is 5. The van der Waals surface area contributed by atoms with Gasteiger partial charge in [-0.1, -0.05) is 34.1 Å². The van der Waals surface area contributed by atoms with Crippen LogP contribution in [-0.4, -0.2) is 84.2 Å². The third kappa shape index (κ3) is 11.4. The van der Waals surface area contributed by atoms with Crippen molar-refractivity contribution in [1.29, 1.82) is 0 Å². The van der Waals surface area contributed by atoms with E-state index in [1.165, 1.54) is 11.8 Å². The number of hydrogen-bond donors (Lipinski definition) is 6. The summed E-state index contributed by atoms with van der Waals surface area (Å²) < 4.78 is 0. The Balaban J connectivity index is 3.18. The molecule has 0 aromatic rings. The minimum atomic E-state index is -0.943. The Morgan fingerprint density at radius 2 is 1.65 bits per heavy atom. The fourth-order valence-corrected chi connectivity index (χ4v) is 4.72. The first-order chi connectivity index (χ1) is 18.8. The molecule has 0 unspecified atom stereocenters. The average molecular weight is 567 g/mol. The van der Waals surface area contributed by atoms with Crippen molar-refractivity contribution in [3.8, 4) is 0 Å². The van der Waals surface area contributed by atoms with Crippen LogP contribution in [0.25, 0.3) is 0 Å². The molecule has 228 valence electrons. The van der Waals surface area contributed by atoms with Crippen molar-refractivity contribution in [3.05, 3.63) is 0 Å². The Hall–Kier alpha value is -3.38. The summed E-state index contributed by atoms with van der Waals surface area (Å²) in [6.45, 7) is 11.9. The zero-order valence-electron chi connectivity index (χ0n) is 24.9. The lowest BCUT2D eigenvalue weighted by Gasteiger charge is -2.31. The normalized spacial score (nSPS) is 17.8. The molecule has 13 heteroatoms. The summed E-state index contributed by atoms with van der Waals surface area (Å²) >= 11 is 0. The smallest absolute Gasteiger partial charge is 0.245 e. The van der Waals surface area contributed by atoms with E-state index in [0.29, 0.717) is 45.2 Å². The number of guanidine groups is 1. The van der Waals surface area contributed by atoms with Crippen LogP contribution >= 0.6 is 0 Å². The number of nitrogens with two attached hydrogens (primary N) is 2. The zero-order valence-corrected chi connectivity index (χ0v) is 24.9. The van der Waals surface area contributed by atoms with Crippen LogP contribution in [0.3, 0.4) is 0 Å². The van der Waals surface area contributed by atoms with Gasteiger partial charge in [-0.3, -0.25) is 29.0 Å². The number of amides is 5. The molecule has 1 aliphatic heterocycles. The van der Waals surface area contributed by atoms with Gasteiger partial charge in [0.1, 0.15) is 24.2 Å². The van der Waals surface area contributed by atoms with Gasteiger partial charge in [-0.15, -0.1) is 0 Å². The number of likely N-dealkylation sites (tertiary alicyclic amines) is 1. The van der Waals surface area contributed by atoms with E-state index in [2.05, 4.69) is 26.3 Å². The van der Waals surface area contributed by atoms with Crippen LogP contribution in [0.15, 0.2) is 4.99 Å². The molecule has 13 nitrogen and oxygen atoms in total. The molecule has 40 heavy (non-hydrogen) atoms. The second-order valence-corrected chi connectivity index (χ2v) is 10.8. The van der Waals surface area contributed by atoms with Gasteiger partial charge in [-0.25, -0.2) is 0 Å². The molecule has 1 rings (SSSR count). The van der Waals surface area contributed by atoms with Gasteiger partial charge in [0.05, 0.1) is 0 Å². The van der Waals surface area contributed by atoms with Crippen molar-refractivity contribution in [2.24, 2.45) is 28.3 Å². The van der Waals surface area contributed by atoms with Crippen molar-refractivity contribution < 1.29 is 24.0 Å². The van der Waals surface area contributed by atoms with E-state index in [1.54, 1.807) is 0 Å². The highest BCUT2D eigenvalue weighted by Gasteiger charge is 2.38. The van der Waals surface area contributed by atoms with Crippen LogP contribution in [0.1, 0.15) is 80.1 Å². The molecular formula is C27H50N8O5. The summed E-state index contributed by atoms with van der Waals surface area (Å²) in [5, 5.41) is 11.1. The molecule has 0 radical (unpaired) electrons. The van der Waals surface area contributed by atoms with Crippen LogP contribution in [0.4, 0.5) is 0 Å². The molecule has 0 aromatic heterocycles. The maximum atomic E-state index is 13.7. The van der Waals surface area contributed by atoms with Gasteiger partial charge in [0.2, 0.25) is 29.5 Å². The number of likely N-dealkylation sites (N-methyl/N-ethyl adjacent to an activating group) is 1. The summed E-state index contributed by atoms with van der Waals surface area (Å²) in [4.78, 5) is 70.2. The van der Waals surface area contributed by atoms with E-state index >= 15 is 0 Å². The Kier molecular flexibility index (Phi) is 15.0. The number of hydrogen-bond acceptors (Lipinski definition) is 6. The van der Waals surface area contributed by atoms with E-state index in [9.17, 15) is 24.0 Å². The molecule has 1 aliphatic rings. The predicted molar refractivity (Wildman–Crippen MR) is 154 cm³/mol. The van der Waals surface area contributed by atoms with E-state index in [1.807, 2.05) is 34.6 Å². The molecule has 0 bridgehead atoms.